The van der Waals surface area contributed by atoms with Crippen LogP contribution >= 0.6 is 15.9 Å². The van der Waals surface area contributed by atoms with Gasteiger partial charge >= 0.3 is 0 Å². The Balaban J connectivity index is 2.42. The lowest BCUT2D eigenvalue weighted by molar-refractivity contribution is 0.164. The number of hydrogen-bond acceptors (Lipinski definition) is 1. The fraction of sp³-hybridized carbons (Fsp3) is 0.667. The molecule has 1 rings (SSSR count). The van der Waals surface area contributed by atoms with E-state index in [0.717, 1.165) is 19.3 Å². The molecule has 0 aromatic heterocycles. The first kappa shape index (κ1) is 6.30. The van der Waals surface area contributed by atoms with Crippen LogP contribution < -0.4 is 0 Å². The Kier molecular flexibility index (Phi) is 2.08. The van der Waals surface area contributed by atoms with Gasteiger partial charge in [0.1, 0.15) is 0 Å². The smallest absolute Gasteiger partial charge is 0.0578 e. The zero-order chi connectivity index (χ0) is 5.98. The van der Waals surface area contributed by atoms with Gasteiger partial charge in [0.25, 0.3) is 0 Å². The first-order valence-electron chi connectivity index (χ1n) is 2.81. The second kappa shape index (κ2) is 2.65. The van der Waals surface area contributed by atoms with E-state index in [1.165, 1.54) is 4.48 Å². The molecule has 0 spiro atoms. The molecular weight excluding hydrogens is 168 g/mol. The highest BCUT2D eigenvalue weighted by molar-refractivity contribution is 9.11. The lowest BCUT2D eigenvalue weighted by atomic mass is 10.1. The third-order valence-corrected chi connectivity index (χ3v) is 2.05. The lowest BCUT2D eigenvalue weighted by Crippen LogP contribution is -2.07. The molecule has 1 aliphatic carbocycles. The van der Waals surface area contributed by atoms with E-state index >= 15 is 0 Å². The summed E-state index contributed by atoms with van der Waals surface area (Å²) in [5, 5.41) is 8.96. The summed E-state index contributed by atoms with van der Waals surface area (Å²) in [6.45, 7) is 0. The first-order valence-corrected chi connectivity index (χ1v) is 3.61. The Hall–Kier alpha value is 0.180. The molecule has 46 valence electrons. The van der Waals surface area contributed by atoms with E-state index in [-0.39, 0.29) is 6.10 Å². The van der Waals surface area contributed by atoms with E-state index in [1.54, 1.807) is 0 Å². The molecule has 0 aromatic carbocycles. The topological polar surface area (TPSA) is 20.2 Å². The number of allylic oxidation sites excluding steroid dienone is 1. The maximum Gasteiger partial charge on any atom is 0.0578 e. The van der Waals surface area contributed by atoms with Crippen molar-refractivity contribution >= 4 is 15.9 Å². The number of rotatable bonds is 0. The van der Waals surface area contributed by atoms with E-state index in [0.29, 0.717) is 0 Å². The van der Waals surface area contributed by atoms with E-state index in [2.05, 4.69) is 15.9 Å². The molecule has 1 atom stereocenters. The summed E-state index contributed by atoms with van der Waals surface area (Å²) >= 11 is 3.37. The average molecular weight is 177 g/mol. The van der Waals surface area contributed by atoms with Gasteiger partial charge in [0.15, 0.2) is 0 Å². The fourth-order valence-electron chi connectivity index (χ4n) is 0.788. The summed E-state index contributed by atoms with van der Waals surface area (Å²) in [5.74, 6) is 0. The van der Waals surface area contributed by atoms with Crippen LogP contribution in [0.1, 0.15) is 19.3 Å². The van der Waals surface area contributed by atoms with E-state index in [1.807, 2.05) is 6.08 Å². The molecule has 8 heavy (non-hydrogen) atoms. The van der Waals surface area contributed by atoms with Crippen LogP contribution in [-0.2, 0) is 0 Å². The first-order chi connectivity index (χ1) is 3.79. The van der Waals surface area contributed by atoms with Gasteiger partial charge in [-0.05, 0) is 23.7 Å². The molecule has 1 unspecified atom stereocenters. The third kappa shape index (κ3) is 1.60. The van der Waals surface area contributed by atoms with Crippen molar-refractivity contribution in [2.75, 3.05) is 0 Å². The summed E-state index contributed by atoms with van der Waals surface area (Å²) in [7, 11) is 0. The molecule has 0 heterocycles. The summed E-state index contributed by atoms with van der Waals surface area (Å²) in [4.78, 5) is 0. The minimum atomic E-state index is -0.0868. The Morgan fingerprint density at radius 3 is 2.88 bits per heavy atom. The second-order valence-corrected chi connectivity index (χ2v) is 3.10. The number of aliphatic hydroxyl groups is 1. The molecule has 0 amide bonds. The monoisotopic (exact) mass is 176 g/mol. The highest BCUT2D eigenvalue weighted by Crippen LogP contribution is 2.21. The fourth-order valence-corrected chi connectivity index (χ4v) is 1.20. The van der Waals surface area contributed by atoms with Gasteiger partial charge in [-0.15, -0.1) is 0 Å². The zero-order valence-corrected chi connectivity index (χ0v) is 6.19. The predicted octanol–water partition coefficient (Wildman–Crippen LogP) is 1.81. The predicted molar refractivity (Wildman–Crippen MR) is 36.9 cm³/mol. The van der Waals surface area contributed by atoms with Crippen molar-refractivity contribution < 1.29 is 5.11 Å². The van der Waals surface area contributed by atoms with Gasteiger partial charge in [-0.2, -0.15) is 0 Å². The molecule has 0 bridgehead atoms. The van der Waals surface area contributed by atoms with Gasteiger partial charge in [0.2, 0.25) is 0 Å². The van der Waals surface area contributed by atoms with Gasteiger partial charge in [0.05, 0.1) is 6.10 Å². The van der Waals surface area contributed by atoms with Gasteiger partial charge < -0.3 is 5.11 Å². The highest BCUT2D eigenvalue weighted by atomic mass is 79.9. The maximum atomic E-state index is 8.96. The summed E-state index contributed by atoms with van der Waals surface area (Å²) in [6, 6.07) is 0. The molecule has 0 radical (unpaired) electrons. The van der Waals surface area contributed by atoms with E-state index < -0.39 is 0 Å². The molecule has 0 fully saturated rings. The third-order valence-electron chi connectivity index (χ3n) is 1.33. The van der Waals surface area contributed by atoms with Crippen LogP contribution in [0.25, 0.3) is 0 Å². The molecule has 1 aliphatic rings. The van der Waals surface area contributed by atoms with Gasteiger partial charge in [0, 0.05) is 0 Å². The summed E-state index contributed by atoms with van der Waals surface area (Å²) in [6.07, 6.45) is 4.68. The Bertz CT molecular complexity index is 109. The van der Waals surface area contributed by atoms with Crippen molar-refractivity contribution in [1.82, 2.24) is 0 Å². The average Bonchev–Trinajstić information content (AvgIpc) is 1.77. The number of hydrogen-bond donors (Lipinski definition) is 1. The summed E-state index contributed by atoms with van der Waals surface area (Å²) < 4.78 is 1.24. The maximum absolute atomic E-state index is 8.96. The number of halogens is 1. The van der Waals surface area contributed by atoms with E-state index in [4.69, 9.17) is 5.11 Å². The Labute approximate surface area is 57.5 Å². The van der Waals surface area contributed by atoms with Gasteiger partial charge in [-0.1, -0.05) is 22.0 Å². The highest BCUT2D eigenvalue weighted by Gasteiger charge is 2.07. The van der Waals surface area contributed by atoms with Crippen LogP contribution in [0.2, 0.25) is 0 Å². The van der Waals surface area contributed by atoms with Crippen molar-refractivity contribution in [3.8, 4) is 0 Å². The Morgan fingerprint density at radius 2 is 2.50 bits per heavy atom. The van der Waals surface area contributed by atoms with Gasteiger partial charge in [-0.25, -0.2) is 0 Å². The van der Waals surface area contributed by atoms with Crippen molar-refractivity contribution in [1.29, 1.82) is 0 Å². The van der Waals surface area contributed by atoms with Crippen molar-refractivity contribution in [3.05, 3.63) is 10.6 Å². The second-order valence-electron chi connectivity index (χ2n) is 2.08. The molecule has 2 heteroatoms. The molecule has 0 saturated carbocycles. The van der Waals surface area contributed by atoms with Crippen molar-refractivity contribution in [2.24, 2.45) is 0 Å². The van der Waals surface area contributed by atoms with E-state index in [9.17, 15) is 0 Å². The van der Waals surface area contributed by atoms with Gasteiger partial charge in [-0.3, -0.25) is 0 Å². The van der Waals surface area contributed by atoms with Crippen molar-refractivity contribution in [2.45, 2.75) is 25.4 Å². The molecule has 1 nitrogen and oxygen atoms in total. The molecule has 1 N–H and O–H groups in total. The zero-order valence-electron chi connectivity index (χ0n) is 4.60. The van der Waals surface area contributed by atoms with Crippen LogP contribution in [-0.4, -0.2) is 11.2 Å². The van der Waals surface area contributed by atoms with Crippen LogP contribution in [0.4, 0.5) is 0 Å². The number of aliphatic hydroxyl groups excluding tert-OH is 1. The quantitative estimate of drug-likeness (QED) is 0.598. The minimum Gasteiger partial charge on any atom is -0.393 e. The Morgan fingerprint density at radius 1 is 1.75 bits per heavy atom. The largest absolute Gasteiger partial charge is 0.393 e. The van der Waals surface area contributed by atoms with Crippen LogP contribution in [0.5, 0.6) is 0 Å². The SMILES string of the molecule is OC1CC=C(Br)CC1. The van der Waals surface area contributed by atoms with Crippen LogP contribution in [0.15, 0.2) is 10.6 Å². The van der Waals surface area contributed by atoms with Crippen LogP contribution in [0.3, 0.4) is 0 Å². The summed E-state index contributed by atoms with van der Waals surface area (Å²) in [5.41, 5.74) is 0. The molecule has 0 aromatic rings. The minimum absolute atomic E-state index is 0.0868. The van der Waals surface area contributed by atoms with Crippen LogP contribution in [0, 0.1) is 0 Å². The molecule has 0 aliphatic heterocycles. The normalized spacial score (nSPS) is 29.8. The molecule has 0 saturated heterocycles. The molecular formula is C6H9BrO. The lowest BCUT2D eigenvalue weighted by Gasteiger charge is -2.12. The standard InChI is InChI=1S/C6H9BrO/c7-5-1-3-6(8)4-2-5/h1,6,8H,2-4H2. The van der Waals surface area contributed by atoms with Crippen molar-refractivity contribution in [3.63, 3.8) is 0 Å².